The first-order valence-corrected chi connectivity index (χ1v) is 7.46. The summed E-state index contributed by atoms with van der Waals surface area (Å²) in [4.78, 5) is 16.2. The van der Waals surface area contributed by atoms with Crippen LogP contribution in [-0.4, -0.2) is 30.2 Å². The third-order valence-corrected chi connectivity index (χ3v) is 3.64. The Balaban J connectivity index is 1.63. The van der Waals surface area contributed by atoms with Crippen LogP contribution in [0.2, 0.25) is 5.02 Å². The van der Waals surface area contributed by atoms with Crippen LogP contribution in [0.25, 0.3) is 0 Å². The minimum Gasteiger partial charge on any atom is -0.472 e. The maximum Gasteiger partial charge on any atom is 0.257 e. The fourth-order valence-corrected chi connectivity index (χ4v) is 2.32. The number of carbonyl (C=O) groups is 1. The summed E-state index contributed by atoms with van der Waals surface area (Å²) in [6, 6.07) is 7.21. The zero-order valence-electron chi connectivity index (χ0n) is 12.1. The van der Waals surface area contributed by atoms with Gasteiger partial charge in [0.25, 0.3) is 5.91 Å². The lowest BCUT2D eigenvalue weighted by atomic mass is 10.2. The predicted octanol–water partition coefficient (Wildman–Crippen LogP) is 3.29. The van der Waals surface area contributed by atoms with E-state index < -0.39 is 5.82 Å². The Morgan fingerprint density at radius 1 is 1.39 bits per heavy atom. The number of hydrogen-bond donors (Lipinski definition) is 1. The van der Waals surface area contributed by atoms with E-state index in [4.69, 9.17) is 21.1 Å². The molecule has 0 spiro atoms. The van der Waals surface area contributed by atoms with Gasteiger partial charge in [-0.15, -0.1) is 0 Å². The highest BCUT2D eigenvalue weighted by Gasteiger charge is 2.18. The van der Waals surface area contributed by atoms with Gasteiger partial charge in [-0.1, -0.05) is 11.6 Å². The van der Waals surface area contributed by atoms with Gasteiger partial charge in [0.15, 0.2) is 0 Å². The van der Waals surface area contributed by atoms with Gasteiger partial charge >= 0.3 is 0 Å². The number of carbonyl (C=O) groups excluding carboxylic acids is 1. The molecule has 0 saturated carbocycles. The van der Waals surface area contributed by atoms with E-state index in [1.807, 2.05) is 0 Å². The first kappa shape index (κ1) is 15.7. The van der Waals surface area contributed by atoms with Crippen LogP contribution in [-0.2, 0) is 4.74 Å². The maximum atomic E-state index is 13.1. The molecule has 1 aliphatic heterocycles. The van der Waals surface area contributed by atoms with E-state index in [0.717, 1.165) is 6.42 Å². The van der Waals surface area contributed by atoms with Crippen LogP contribution in [0.5, 0.6) is 5.88 Å². The summed E-state index contributed by atoms with van der Waals surface area (Å²) in [6.45, 7) is 1.24. The van der Waals surface area contributed by atoms with Gasteiger partial charge in [-0.2, -0.15) is 0 Å². The van der Waals surface area contributed by atoms with Gasteiger partial charge in [0.2, 0.25) is 5.88 Å². The summed E-state index contributed by atoms with van der Waals surface area (Å²) >= 11 is 5.68. The van der Waals surface area contributed by atoms with Crippen LogP contribution in [0, 0.1) is 5.82 Å². The number of ether oxygens (including phenoxy) is 2. The van der Waals surface area contributed by atoms with Crippen LogP contribution in [0.4, 0.5) is 10.1 Å². The van der Waals surface area contributed by atoms with E-state index in [0.29, 0.717) is 30.3 Å². The normalized spacial score (nSPS) is 17.0. The van der Waals surface area contributed by atoms with Gasteiger partial charge in [-0.25, -0.2) is 9.37 Å². The van der Waals surface area contributed by atoms with Crippen molar-refractivity contribution in [2.45, 2.75) is 12.5 Å². The number of pyridine rings is 1. The molecular formula is C16H14ClFN2O3. The largest absolute Gasteiger partial charge is 0.472 e. The highest BCUT2D eigenvalue weighted by atomic mass is 35.5. The van der Waals surface area contributed by atoms with Gasteiger partial charge < -0.3 is 14.8 Å². The Kier molecular flexibility index (Phi) is 4.73. The Morgan fingerprint density at radius 3 is 2.91 bits per heavy atom. The number of halogens is 2. The summed E-state index contributed by atoms with van der Waals surface area (Å²) in [5.41, 5.74) is 0.769. The second-order valence-electron chi connectivity index (χ2n) is 5.07. The molecule has 1 aliphatic rings. The number of nitrogens with zero attached hydrogens (tertiary/aromatic N) is 1. The highest BCUT2D eigenvalue weighted by molar-refractivity contribution is 6.31. The zero-order chi connectivity index (χ0) is 16.2. The first-order chi connectivity index (χ1) is 11.1. The molecule has 1 amide bonds. The number of benzene rings is 1. The summed E-state index contributed by atoms with van der Waals surface area (Å²) in [5, 5.41) is 2.58. The Bertz CT molecular complexity index is 703. The van der Waals surface area contributed by atoms with Crippen molar-refractivity contribution in [3.8, 4) is 5.88 Å². The molecule has 2 heterocycles. The molecule has 0 radical (unpaired) electrons. The van der Waals surface area contributed by atoms with Crippen LogP contribution in [0.3, 0.4) is 0 Å². The number of hydrogen-bond acceptors (Lipinski definition) is 4. The summed E-state index contributed by atoms with van der Waals surface area (Å²) < 4.78 is 23.9. The van der Waals surface area contributed by atoms with Crippen LogP contribution in [0.1, 0.15) is 16.8 Å². The lowest BCUT2D eigenvalue weighted by molar-refractivity contribution is 0.102. The topological polar surface area (TPSA) is 60.5 Å². The van der Waals surface area contributed by atoms with Crippen molar-refractivity contribution in [3.63, 3.8) is 0 Å². The summed E-state index contributed by atoms with van der Waals surface area (Å²) in [6.07, 6.45) is 2.25. The molecule has 0 unspecified atom stereocenters. The van der Waals surface area contributed by atoms with Crippen molar-refractivity contribution in [2.24, 2.45) is 0 Å². The SMILES string of the molecule is O=C(Nc1ccc(F)c(Cl)c1)c1ccc(O[C@@H]2CCOC2)nc1. The number of aromatic nitrogens is 1. The second-order valence-corrected chi connectivity index (χ2v) is 5.48. The standard InChI is InChI=1S/C16H14ClFN2O3/c17-13-7-11(2-3-14(13)18)20-16(21)10-1-4-15(19-8-10)23-12-5-6-22-9-12/h1-4,7-8,12H,5-6,9H2,(H,20,21)/t12-/m1/s1. The summed E-state index contributed by atoms with van der Waals surface area (Å²) in [5.74, 6) is -0.457. The van der Waals surface area contributed by atoms with Crippen LogP contribution in [0.15, 0.2) is 36.5 Å². The van der Waals surface area contributed by atoms with Gasteiger partial charge in [0, 0.05) is 24.4 Å². The highest BCUT2D eigenvalue weighted by Crippen LogP contribution is 2.20. The molecule has 0 bridgehead atoms. The van der Waals surface area contributed by atoms with Crippen LogP contribution >= 0.6 is 11.6 Å². The van der Waals surface area contributed by atoms with E-state index in [2.05, 4.69) is 10.3 Å². The molecule has 1 atom stereocenters. The molecule has 1 saturated heterocycles. The monoisotopic (exact) mass is 336 g/mol. The number of amides is 1. The van der Waals surface area contributed by atoms with Gasteiger partial charge in [0.05, 0.1) is 23.8 Å². The molecule has 120 valence electrons. The van der Waals surface area contributed by atoms with Gasteiger partial charge in [-0.3, -0.25) is 4.79 Å². The molecule has 1 N–H and O–H groups in total. The van der Waals surface area contributed by atoms with Crippen molar-refractivity contribution in [3.05, 3.63) is 52.9 Å². The minimum absolute atomic E-state index is 0.00327. The Morgan fingerprint density at radius 2 is 2.26 bits per heavy atom. The average Bonchev–Trinajstić information content (AvgIpc) is 3.04. The molecule has 2 aromatic rings. The Hall–Kier alpha value is -2.18. The van der Waals surface area contributed by atoms with Crippen molar-refractivity contribution in [1.82, 2.24) is 4.98 Å². The molecule has 1 fully saturated rings. The fraction of sp³-hybridized carbons (Fsp3) is 0.250. The molecule has 1 aromatic carbocycles. The zero-order valence-corrected chi connectivity index (χ0v) is 12.8. The quantitative estimate of drug-likeness (QED) is 0.930. The van der Waals surface area contributed by atoms with Gasteiger partial charge in [-0.05, 0) is 24.3 Å². The van der Waals surface area contributed by atoms with Crippen molar-refractivity contribution in [2.75, 3.05) is 18.5 Å². The van der Waals surface area contributed by atoms with Gasteiger partial charge in [0.1, 0.15) is 11.9 Å². The smallest absolute Gasteiger partial charge is 0.257 e. The Labute approximate surface area is 137 Å². The lowest BCUT2D eigenvalue weighted by Crippen LogP contribution is -2.17. The summed E-state index contributed by atoms with van der Waals surface area (Å²) in [7, 11) is 0. The van der Waals surface area contributed by atoms with E-state index in [-0.39, 0.29) is 17.0 Å². The maximum absolute atomic E-state index is 13.1. The van der Waals surface area contributed by atoms with E-state index in [1.54, 1.807) is 12.1 Å². The first-order valence-electron chi connectivity index (χ1n) is 7.08. The number of nitrogens with one attached hydrogen (secondary N) is 1. The predicted molar refractivity (Wildman–Crippen MR) is 83.5 cm³/mol. The third kappa shape index (κ3) is 3.97. The van der Waals surface area contributed by atoms with E-state index >= 15 is 0 Å². The second kappa shape index (κ2) is 6.93. The molecule has 5 nitrogen and oxygen atoms in total. The van der Waals surface area contributed by atoms with Crippen molar-refractivity contribution in [1.29, 1.82) is 0 Å². The lowest BCUT2D eigenvalue weighted by Gasteiger charge is -2.11. The molecule has 23 heavy (non-hydrogen) atoms. The van der Waals surface area contributed by atoms with E-state index in [1.165, 1.54) is 24.4 Å². The van der Waals surface area contributed by atoms with Crippen LogP contribution < -0.4 is 10.1 Å². The number of rotatable bonds is 4. The average molecular weight is 337 g/mol. The molecule has 0 aliphatic carbocycles. The third-order valence-electron chi connectivity index (χ3n) is 3.35. The van der Waals surface area contributed by atoms with Crippen molar-refractivity contribution >= 4 is 23.2 Å². The van der Waals surface area contributed by atoms with Crippen molar-refractivity contribution < 1.29 is 18.7 Å². The molecule has 1 aromatic heterocycles. The van der Waals surface area contributed by atoms with E-state index in [9.17, 15) is 9.18 Å². The molecule has 7 heteroatoms. The fourth-order valence-electron chi connectivity index (χ4n) is 2.14. The molecule has 3 rings (SSSR count). The number of anilines is 1. The molecular weight excluding hydrogens is 323 g/mol. The minimum atomic E-state index is -0.538.